The molecule has 2 aromatic carbocycles. The lowest BCUT2D eigenvalue weighted by Gasteiger charge is -2.13. The lowest BCUT2D eigenvalue weighted by Crippen LogP contribution is -2.01. The minimum atomic E-state index is 0.378. The van der Waals surface area contributed by atoms with Crippen molar-refractivity contribution in [2.45, 2.75) is 20.5 Å². The zero-order chi connectivity index (χ0) is 14.5. The lowest BCUT2D eigenvalue weighted by molar-refractivity contribution is 0.294. The molecule has 0 spiro atoms. The van der Waals surface area contributed by atoms with Crippen LogP contribution in [0.5, 0.6) is 11.5 Å². The van der Waals surface area contributed by atoms with Gasteiger partial charge < -0.3 is 9.47 Å². The Morgan fingerprint density at radius 2 is 1.90 bits per heavy atom. The largest absolute Gasteiger partial charge is 0.496 e. The molecule has 0 saturated carbocycles. The molecule has 2 aromatic rings. The molecule has 0 aliphatic carbocycles. The summed E-state index contributed by atoms with van der Waals surface area (Å²) >= 11 is 0. The molecule has 3 heteroatoms. The van der Waals surface area contributed by atoms with Gasteiger partial charge in [0.25, 0.3) is 0 Å². The standard InChI is InChI=1S/C17H17NO2/c1-12-5-4-6-16(13(12)2)20-11-15-9-14(10-18)7-8-17(15)19-3/h4-9H,11H2,1-3H3. The summed E-state index contributed by atoms with van der Waals surface area (Å²) in [4.78, 5) is 0. The van der Waals surface area contributed by atoms with Gasteiger partial charge in [-0.2, -0.15) is 5.26 Å². The highest BCUT2D eigenvalue weighted by Gasteiger charge is 2.07. The summed E-state index contributed by atoms with van der Waals surface area (Å²) in [6.07, 6.45) is 0. The molecule has 0 aliphatic heterocycles. The summed E-state index contributed by atoms with van der Waals surface area (Å²) in [6.45, 7) is 4.47. The van der Waals surface area contributed by atoms with Gasteiger partial charge in [0.05, 0.1) is 18.7 Å². The summed E-state index contributed by atoms with van der Waals surface area (Å²) in [5.41, 5.74) is 3.79. The number of nitrogens with zero attached hydrogens (tertiary/aromatic N) is 1. The van der Waals surface area contributed by atoms with Crippen molar-refractivity contribution in [1.29, 1.82) is 5.26 Å². The Balaban J connectivity index is 2.22. The number of aryl methyl sites for hydroxylation is 1. The maximum Gasteiger partial charge on any atom is 0.125 e. The van der Waals surface area contributed by atoms with E-state index >= 15 is 0 Å². The van der Waals surface area contributed by atoms with E-state index < -0.39 is 0 Å². The molecule has 0 bridgehead atoms. The normalized spacial score (nSPS) is 9.90. The van der Waals surface area contributed by atoms with Crippen molar-refractivity contribution in [1.82, 2.24) is 0 Å². The van der Waals surface area contributed by atoms with E-state index in [1.54, 1.807) is 25.3 Å². The van der Waals surface area contributed by atoms with Gasteiger partial charge >= 0.3 is 0 Å². The number of hydrogen-bond acceptors (Lipinski definition) is 3. The molecule has 0 amide bonds. The number of nitriles is 1. The number of hydrogen-bond donors (Lipinski definition) is 0. The first kappa shape index (κ1) is 14.0. The van der Waals surface area contributed by atoms with E-state index in [-0.39, 0.29) is 0 Å². The molecule has 0 saturated heterocycles. The van der Waals surface area contributed by atoms with Crippen LogP contribution in [0.25, 0.3) is 0 Å². The van der Waals surface area contributed by atoms with Crippen LogP contribution >= 0.6 is 0 Å². The van der Waals surface area contributed by atoms with Gasteiger partial charge in [0.2, 0.25) is 0 Å². The van der Waals surface area contributed by atoms with Crippen molar-refractivity contribution >= 4 is 0 Å². The Kier molecular flexibility index (Phi) is 4.27. The Morgan fingerprint density at radius 3 is 2.60 bits per heavy atom. The second-order valence-electron chi connectivity index (χ2n) is 4.63. The quantitative estimate of drug-likeness (QED) is 0.847. The van der Waals surface area contributed by atoms with Crippen molar-refractivity contribution in [3.8, 4) is 17.6 Å². The van der Waals surface area contributed by atoms with Crippen LogP contribution in [-0.2, 0) is 6.61 Å². The summed E-state index contributed by atoms with van der Waals surface area (Å²) < 4.78 is 11.2. The molecular weight excluding hydrogens is 250 g/mol. The second kappa shape index (κ2) is 6.12. The highest BCUT2D eigenvalue weighted by Crippen LogP contribution is 2.25. The maximum absolute atomic E-state index is 8.96. The fourth-order valence-electron chi connectivity index (χ4n) is 2.00. The van der Waals surface area contributed by atoms with Gasteiger partial charge in [-0.25, -0.2) is 0 Å². The number of benzene rings is 2. The van der Waals surface area contributed by atoms with Crippen LogP contribution in [0.2, 0.25) is 0 Å². The third-order valence-corrected chi connectivity index (χ3v) is 3.35. The second-order valence-corrected chi connectivity index (χ2v) is 4.63. The van der Waals surface area contributed by atoms with E-state index in [9.17, 15) is 0 Å². The first-order chi connectivity index (χ1) is 9.65. The van der Waals surface area contributed by atoms with E-state index in [4.69, 9.17) is 14.7 Å². The Bertz CT molecular complexity index is 657. The van der Waals surface area contributed by atoms with Gasteiger partial charge in [0.1, 0.15) is 18.1 Å². The fourth-order valence-corrected chi connectivity index (χ4v) is 2.00. The highest BCUT2D eigenvalue weighted by atomic mass is 16.5. The number of methoxy groups -OCH3 is 1. The van der Waals surface area contributed by atoms with E-state index in [0.717, 1.165) is 22.6 Å². The van der Waals surface area contributed by atoms with Gasteiger partial charge in [0, 0.05) is 5.56 Å². The van der Waals surface area contributed by atoms with Crippen LogP contribution in [0.15, 0.2) is 36.4 Å². The zero-order valence-corrected chi connectivity index (χ0v) is 11.9. The highest BCUT2D eigenvalue weighted by molar-refractivity contribution is 5.43. The fraction of sp³-hybridized carbons (Fsp3) is 0.235. The monoisotopic (exact) mass is 267 g/mol. The predicted octanol–water partition coefficient (Wildman–Crippen LogP) is 3.76. The summed E-state index contributed by atoms with van der Waals surface area (Å²) in [7, 11) is 1.61. The molecule has 0 aliphatic rings. The van der Waals surface area contributed by atoms with Gasteiger partial charge in [0.15, 0.2) is 0 Å². The van der Waals surface area contributed by atoms with Gasteiger partial charge in [-0.1, -0.05) is 12.1 Å². The summed E-state index contributed by atoms with van der Waals surface area (Å²) in [5.74, 6) is 1.59. The molecule has 20 heavy (non-hydrogen) atoms. The molecule has 0 aromatic heterocycles. The molecular formula is C17H17NO2. The van der Waals surface area contributed by atoms with E-state index in [2.05, 4.69) is 19.1 Å². The van der Waals surface area contributed by atoms with Gasteiger partial charge in [-0.05, 0) is 49.2 Å². The smallest absolute Gasteiger partial charge is 0.125 e. The van der Waals surface area contributed by atoms with Crippen molar-refractivity contribution in [3.05, 3.63) is 58.7 Å². The van der Waals surface area contributed by atoms with Crippen LogP contribution in [0.1, 0.15) is 22.3 Å². The maximum atomic E-state index is 8.96. The van der Waals surface area contributed by atoms with Crippen LogP contribution < -0.4 is 9.47 Å². The molecule has 102 valence electrons. The first-order valence-electron chi connectivity index (χ1n) is 6.41. The van der Waals surface area contributed by atoms with Crippen molar-refractivity contribution in [2.24, 2.45) is 0 Å². The Morgan fingerprint density at radius 1 is 1.10 bits per heavy atom. The number of ether oxygens (including phenoxy) is 2. The SMILES string of the molecule is COc1ccc(C#N)cc1COc1cccc(C)c1C. The molecule has 0 fully saturated rings. The topological polar surface area (TPSA) is 42.2 Å². The number of rotatable bonds is 4. The first-order valence-corrected chi connectivity index (χ1v) is 6.41. The lowest BCUT2D eigenvalue weighted by atomic mass is 10.1. The summed E-state index contributed by atoms with van der Waals surface area (Å²) in [6, 6.07) is 13.4. The Hall–Kier alpha value is -2.47. The molecule has 0 atom stereocenters. The van der Waals surface area contributed by atoms with Gasteiger partial charge in [-0.15, -0.1) is 0 Å². The van der Waals surface area contributed by atoms with E-state index in [1.807, 2.05) is 19.1 Å². The van der Waals surface area contributed by atoms with Gasteiger partial charge in [-0.3, -0.25) is 0 Å². The molecule has 0 radical (unpaired) electrons. The molecule has 3 nitrogen and oxygen atoms in total. The average molecular weight is 267 g/mol. The van der Waals surface area contributed by atoms with E-state index in [0.29, 0.717) is 12.2 Å². The average Bonchev–Trinajstić information content (AvgIpc) is 2.48. The molecule has 0 N–H and O–H groups in total. The van der Waals surface area contributed by atoms with Crippen LogP contribution in [-0.4, -0.2) is 7.11 Å². The predicted molar refractivity (Wildman–Crippen MR) is 78.0 cm³/mol. The Labute approximate surface area is 119 Å². The van der Waals surface area contributed by atoms with Crippen molar-refractivity contribution in [2.75, 3.05) is 7.11 Å². The molecule has 0 unspecified atom stereocenters. The minimum absolute atomic E-state index is 0.378. The third-order valence-electron chi connectivity index (χ3n) is 3.35. The summed E-state index contributed by atoms with van der Waals surface area (Å²) in [5, 5.41) is 8.96. The minimum Gasteiger partial charge on any atom is -0.496 e. The van der Waals surface area contributed by atoms with Crippen LogP contribution in [0, 0.1) is 25.2 Å². The third kappa shape index (κ3) is 2.92. The zero-order valence-electron chi connectivity index (χ0n) is 11.9. The molecule has 0 heterocycles. The van der Waals surface area contributed by atoms with Crippen LogP contribution in [0.3, 0.4) is 0 Å². The van der Waals surface area contributed by atoms with Crippen molar-refractivity contribution < 1.29 is 9.47 Å². The van der Waals surface area contributed by atoms with Crippen molar-refractivity contribution in [3.63, 3.8) is 0 Å². The molecule has 2 rings (SSSR count). The van der Waals surface area contributed by atoms with Crippen LogP contribution in [0.4, 0.5) is 0 Å². The van der Waals surface area contributed by atoms with E-state index in [1.165, 1.54) is 5.56 Å².